The summed E-state index contributed by atoms with van der Waals surface area (Å²) in [6, 6.07) is 10.3. The normalized spacial score (nSPS) is 18.6. The van der Waals surface area contributed by atoms with Crippen molar-refractivity contribution in [1.29, 1.82) is 0 Å². The van der Waals surface area contributed by atoms with E-state index in [1.165, 1.54) is 5.69 Å². The number of rotatable bonds is 7. The van der Waals surface area contributed by atoms with Crippen molar-refractivity contribution in [2.45, 2.75) is 25.7 Å². The predicted molar refractivity (Wildman–Crippen MR) is 118 cm³/mol. The molecule has 1 fully saturated rings. The monoisotopic (exact) mass is 409 g/mol. The van der Waals surface area contributed by atoms with Crippen LogP contribution in [0.15, 0.2) is 36.5 Å². The lowest BCUT2D eigenvalue weighted by molar-refractivity contribution is -0.125. The highest BCUT2D eigenvalue weighted by atomic mass is 16.5. The predicted octanol–water partition coefficient (Wildman–Crippen LogP) is 2.06. The van der Waals surface area contributed by atoms with E-state index in [1.54, 1.807) is 0 Å². The molecule has 0 radical (unpaired) electrons. The lowest BCUT2D eigenvalue weighted by atomic mass is 9.86. The molecule has 7 nitrogen and oxygen atoms in total. The van der Waals surface area contributed by atoms with Crippen molar-refractivity contribution in [3.63, 3.8) is 0 Å². The molecule has 0 bridgehead atoms. The van der Waals surface area contributed by atoms with Crippen LogP contribution >= 0.6 is 0 Å². The Morgan fingerprint density at radius 3 is 2.87 bits per heavy atom. The maximum atomic E-state index is 12.6. The topological polar surface area (TPSA) is 70.6 Å². The molecule has 2 aromatic rings. The summed E-state index contributed by atoms with van der Waals surface area (Å²) in [5.41, 5.74) is 3.41. The highest BCUT2D eigenvalue weighted by molar-refractivity contribution is 5.79. The third-order valence-corrected chi connectivity index (χ3v) is 5.97. The van der Waals surface area contributed by atoms with Crippen molar-refractivity contribution < 1.29 is 9.53 Å². The van der Waals surface area contributed by atoms with Crippen LogP contribution in [0, 0.1) is 5.92 Å². The zero-order valence-electron chi connectivity index (χ0n) is 17.7. The molecule has 1 atom stereocenters. The van der Waals surface area contributed by atoms with Crippen molar-refractivity contribution in [2.75, 3.05) is 56.2 Å². The first kappa shape index (κ1) is 20.6. The van der Waals surface area contributed by atoms with E-state index >= 15 is 0 Å². The third kappa shape index (κ3) is 5.08. The number of amides is 1. The van der Waals surface area contributed by atoms with Gasteiger partial charge in [0.1, 0.15) is 0 Å². The molecule has 1 amide bonds. The number of anilines is 2. The van der Waals surface area contributed by atoms with E-state index < -0.39 is 0 Å². The average molecular weight is 410 g/mol. The summed E-state index contributed by atoms with van der Waals surface area (Å²) in [6.45, 7) is 4.74. The molecule has 7 heteroatoms. The fourth-order valence-electron chi connectivity index (χ4n) is 4.12. The fraction of sp³-hybridized carbons (Fsp3) is 0.522. The Hall–Kier alpha value is -2.67. The van der Waals surface area contributed by atoms with E-state index in [9.17, 15) is 4.79 Å². The highest BCUT2D eigenvalue weighted by Crippen LogP contribution is 2.25. The summed E-state index contributed by atoms with van der Waals surface area (Å²) in [6.07, 6.45) is 5.26. The number of nitrogens with one attached hydrogen (secondary N) is 1. The van der Waals surface area contributed by atoms with Crippen LogP contribution in [0.1, 0.15) is 24.1 Å². The van der Waals surface area contributed by atoms with E-state index in [2.05, 4.69) is 39.3 Å². The first-order valence-electron chi connectivity index (χ1n) is 10.9. The molecule has 2 heterocycles. The van der Waals surface area contributed by atoms with Crippen molar-refractivity contribution >= 4 is 17.5 Å². The number of hydrogen-bond donors (Lipinski definition) is 1. The number of ether oxygens (including phenoxy) is 1. The van der Waals surface area contributed by atoms with Crippen LogP contribution in [0.25, 0.3) is 0 Å². The summed E-state index contributed by atoms with van der Waals surface area (Å²) in [5, 5.41) is 3.12. The van der Waals surface area contributed by atoms with Gasteiger partial charge < -0.3 is 19.9 Å². The Labute approximate surface area is 178 Å². The van der Waals surface area contributed by atoms with Crippen LogP contribution in [-0.4, -0.2) is 62.3 Å². The van der Waals surface area contributed by atoms with E-state index in [0.29, 0.717) is 6.54 Å². The van der Waals surface area contributed by atoms with Gasteiger partial charge in [-0.3, -0.25) is 4.79 Å². The van der Waals surface area contributed by atoms with Gasteiger partial charge in [0.25, 0.3) is 0 Å². The number of morpholine rings is 1. The Morgan fingerprint density at radius 1 is 1.27 bits per heavy atom. The number of carbonyl (C=O) groups excluding carboxylic acids is 1. The molecule has 1 aliphatic carbocycles. The van der Waals surface area contributed by atoms with E-state index in [-0.39, 0.29) is 11.8 Å². The van der Waals surface area contributed by atoms with E-state index in [4.69, 9.17) is 9.72 Å². The van der Waals surface area contributed by atoms with Crippen molar-refractivity contribution in [3.05, 3.63) is 47.8 Å². The number of nitrogens with zero attached hydrogens (tertiary/aromatic N) is 4. The molecule has 1 aromatic carbocycles. The van der Waals surface area contributed by atoms with Crippen LogP contribution in [0.3, 0.4) is 0 Å². The highest BCUT2D eigenvalue weighted by Gasteiger charge is 2.26. The minimum absolute atomic E-state index is 0.0159. The number of para-hydroxylation sites is 1. The molecule has 0 unspecified atom stereocenters. The molecular formula is C23H31N5O2. The largest absolute Gasteiger partial charge is 0.378 e. The second-order valence-electron chi connectivity index (χ2n) is 8.08. The van der Waals surface area contributed by atoms with Gasteiger partial charge in [-0.2, -0.15) is 0 Å². The molecule has 1 aromatic heterocycles. The molecule has 2 aliphatic rings. The van der Waals surface area contributed by atoms with Crippen molar-refractivity contribution in [1.82, 2.24) is 15.3 Å². The van der Waals surface area contributed by atoms with Gasteiger partial charge in [-0.05, 0) is 43.4 Å². The molecule has 1 aliphatic heterocycles. The van der Waals surface area contributed by atoms with Gasteiger partial charge >= 0.3 is 0 Å². The third-order valence-electron chi connectivity index (χ3n) is 5.97. The molecule has 1 N–H and O–H groups in total. The zero-order valence-corrected chi connectivity index (χ0v) is 17.7. The lowest BCUT2D eigenvalue weighted by Gasteiger charge is -2.28. The Kier molecular flexibility index (Phi) is 6.79. The molecule has 0 saturated carbocycles. The van der Waals surface area contributed by atoms with Gasteiger partial charge in [0.2, 0.25) is 11.9 Å². The Bertz CT molecular complexity index is 839. The molecule has 4 rings (SSSR count). The summed E-state index contributed by atoms with van der Waals surface area (Å²) in [4.78, 5) is 26.4. The minimum atomic E-state index is 0.0159. The number of fused-ring (bicyclic) bond motifs is 1. The van der Waals surface area contributed by atoms with Crippen LogP contribution in [0.5, 0.6) is 0 Å². The number of aromatic nitrogens is 2. The standard InChI is InChI=1S/C23H31N5O2/c1-27(20-6-3-2-4-7-20)11-5-10-24-22(29)18-8-9-21-19(16-18)17-25-23(26-21)28-12-14-30-15-13-28/h2-4,6-7,17-18H,5,8-16H2,1H3,(H,24,29)/t18-/m0/s1. The SMILES string of the molecule is CN(CCCNC(=O)[C@H]1CCc2nc(N3CCOCC3)ncc2C1)c1ccccc1. The van der Waals surface area contributed by atoms with Crippen LogP contribution in [0.4, 0.5) is 11.6 Å². The Balaban J connectivity index is 1.23. The molecule has 1 saturated heterocycles. The van der Waals surface area contributed by atoms with E-state index in [1.807, 2.05) is 24.4 Å². The average Bonchev–Trinajstić information content (AvgIpc) is 2.82. The number of carbonyl (C=O) groups is 1. The van der Waals surface area contributed by atoms with Crippen LogP contribution in [0.2, 0.25) is 0 Å². The fourth-order valence-corrected chi connectivity index (χ4v) is 4.12. The van der Waals surface area contributed by atoms with Gasteiger partial charge in [-0.15, -0.1) is 0 Å². The second kappa shape index (κ2) is 9.89. The van der Waals surface area contributed by atoms with Gasteiger partial charge in [0.15, 0.2) is 0 Å². The zero-order chi connectivity index (χ0) is 20.8. The first-order valence-corrected chi connectivity index (χ1v) is 10.9. The maximum Gasteiger partial charge on any atom is 0.225 e. The molecule has 160 valence electrons. The minimum Gasteiger partial charge on any atom is -0.378 e. The molecule has 30 heavy (non-hydrogen) atoms. The van der Waals surface area contributed by atoms with Crippen molar-refractivity contribution in [3.8, 4) is 0 Å². The van der Waals surface area contributed by atoms with Gasteiger partial charge in [-0.25, -0.2) is 9.97 Å². The van der Waals surface area contributed by atoms with Crippen LogP contribution < -0.4 is 15.1 Å². The maximum absolute atomic E-state index is 12.6. The smallest absolute Gasteiger partial charge is 0.225 e. The number of hydrogen-bond acceptors (Lipinski definition) is 6. The van der Waals surface area contributed by atoms with Crippen LogP contribution in [-0.2, 0) is 22.4 Å². The van der Waals surface area contributed by atoms with Gasteiger partial charge in [-0.1, -0.05) is 18.2 Å². The first-order chi connectivity index (χ1) is 14.7. The van der Waals surface area contributed by atoms with Crippen molar-refractivity contribution in [2.24, 2.45) is 5.92 Å². The summed E-state index contributed by atoms with van der Waals surface area (Å²) < 4.78 is 5.41. The molecule has 0 spiro atoms. The van der Waals surface area contributed by atoms with Gasteiger partial charge in [0.05, 0.1) is 13.2 Å². The van der Waals surface area contributed by atoms with Gasteiger partial charge in [0, 0.05) is 56.7 Å². The van der Waals surface area contributed by atoms with E-state index in [0.717, 1.165) is 75.7 Å². The number of benzene rings is 1. The summed E-state index contributed by atoms with van der Waals surface area (Å²) in [7, 11) is 2.08. The molecular weight excluding hydrogens is 378 g/mol. The summed E-state index contributed by atoms with van der Waals surface area (Å²) in [5.74, 6) is 0.963. The lowest BCUT2D eigenvalue weighted by Crippen LogP contribution is -2.38. The summed E-state index contributed by atoms with van der Waals surface area (Å²) >= 11 is 0. The second-order valence-corrected chi connectivity index (χ2v) is 8.08. The number of aryl methyl sites for hydroxylation is 1. The quantitative estimate of drug-likeness (QED) is 0.706. The Morgan fingerprint density at radius 2 is 2.07 bits per heavy atom.